The number of ether oxygens (including phenoxy) is 1. The minimum atomic E-state index is -4.36. The summed E-state index contributed by atoms with van der Waals surface area (Å²) in [5.74, 6) is 0.766. The number of benzene rings is 1. The molecule has 0 aliphatic carbocycles. The summed E-state index contributed by atoms with van der Waals surface area (Å²) in [5.41, 5.74) is 1.76. The summed E-state index contributed by atoms with van der Waals surface area (Å²) in [6.45, 7) is -0.387. The number of alkyl halides is 3. The van der Waals surface area contributed by atoms with E-state index in [0.29, 0.717) is 24.6 Å². The fourth-order valence-electron chi connectivity index (χ4n) is 1.93. The van der Waals surface area contributed by atoms with E-state index in [2.05, 4.69) is 15.6 Å². The van der Waals surface area contributed by atoms with Crippen LogP contribution >= 0.6 is 35.3 Å². The van der Waals surface area contributed by atoms with Crippen LogP contribution in [0.1, 0.15) is 11.1 Å². The summed E-state index contributed by atoms with van der Waals surface area (Å²) in [7, 11) is 1.63. The molecule has 0 aliphatic rings. The lowest BCUT2D eigenvalue weighted by atomic mass is 10.2. The van der Waals surface area contributed by atoms with Crippen LogP contribution in [-0.4, -0.2) is 25.8 Å². The Balaban J connectivity index is 0.00000312. The summed E-state index contributed by atoms with van der Waals surface area (Å²) in [5, 5.41) is 10.2. The molecule has 0 fully saturated rings. The molecule has 0 bridgehead atoms. The first-order chi connectivity index (χ1) is 11.5. The van der Waals surface area contributed by atoms with E-state index in [-0.39, 0.29) is 29.7 Å². The van der Waals surface area contributed by atoms with Crippen LogP contribution in [0.4, 0.5) is 13.2 Å². The maximum Gasteiger partial charge on any atom is 0.422 e. The maximum atomic E-state index is 12.3. The molecule has 25 heavy (non-hydrogen) atoms. The number of aliphatic imine (C=N–C) groups is 1. The molecule has 9 heteroatoms. The summed E-state index contributed by atoms with van der Waals surface area (Å²) in [4.78, 5) is 4.09. The van der Waals surface area contributed by atoms with Gasteiger partial charge < -0.3 is 15.4 Å². The van der Waals surface area contributed by atoms with E-state index in [1.165, 1.54) is 6.07 Å². The van der Waals surface area contributed by atoms with Gasteiger partial charge in [-0.3, -0.25) is 4.99 Å². The maximum absolute atomic E-state index is 12.3. The zero-order valence-corrected chi connectivity index (χ0v) is 16.6. The lowest BCUT2D eigenvalue weighted by Gasteiger charge is -2.15. The van der Waals surface area contributed by atoms with Crippen LogP contribution in [0, 0.1) is 0 Å². The molecule has 2 aromatic rings. The van der Waals surface area contributed by atoms with Crippen LogP contribution < -0.4 is 15.4 Å². The van der Waals surface area contributed by atoms with Crippen molar-refractivity contribution in [2.75, 3.05) is 13.7 Å². The van der Waals surface area contributed by atoms with Gasteiger partial charge >= 0.3 is 6.18 Å². The predicted octanol–water partition coefficient (Wildman–Crippen LogP) is 4.17. The summed E-state index contributed by atoms with van der Waals surface area (Å²) in [6.07, 6.45) is -4.36. The largest absolute Gasteiger partial charge is 0.484 e. The van der Waals surface area contributed by atoms with Gasteiger partial charge in [-0.25, -0.2) is 0 Å². The average molecular weight is 485 g/mol. The average Bonchev–Trinajstić information content (AvgIpc) is 3.06. The number of thiophene rings is 1. The van der Waals surface area contributed by atoms with Gasteiger partial charge in [0.25, 0.3) is 0 Å². The number of rotatable bonds is 6. The van der Waals surface area contributed by atoms with Crippen LogP contribution in [0.25, 0.3) is 0 Å². The highest BCUT2D eigenvalue weighted by Crippen LogP contribution is 2.22. The third kappa shape index (κ3) is 7.95. The molecule has 138 valence electrons. The van der Waals surface area contributed by atoms with Gasteiger partial charge in [-0.05, 0) is 28.5 Å². The van der Waals surface area contributed by atoms with Crippen LogP contribution in [-0.2, 0) is 13.1 Å². The zero-order valence-electron chi connectivity index (χ0n) is 13.5. The molecule has 4 nitrogen and oxygen atoms in total. The normalized spacial score (nSPS) is 11.6. The van der Waals surface area contributed by atoms with E-state index in [4.69, 9.17) is 4.74 Å². The van der Waals surface area contributed by atoms with Crippen LogP contribution in [0.3, 0.4) is 0 Å². The molecule has 1 heterocycles. The summed E-state index contributed by atoms with van der Waals surface area (Å²) < 4.78 is 41.8. The number of hydrogen-bond donors (Lipinski definition) is 2. The Morgan fingerprint density at radius 2 is 1.88 bits per heavy atom. The zero-order chi connectivity index (χ0) is 17.4. The van der Waals surface area contributed by atoms with E-state index in [0.717, 1.165) is 5.56 Å². The molecular formula is C16H19F3IN3OS. The van der Waals surface area contributed by atoms with Crippen molar-refractivity contribution in [1.29, 1.82) is 0 Å². The number of hydrogen-bond acceptors (Lipinski definition) is 3. The highest BCUT2D eigenvalue weighted by molar-refractivity contribution is 14.0. The van der Waals surface area contributed by atoms with Crippen LogP contribution in [0.2, 0.25) is 0 Å². The Kier molecular flexibility index (Phi) is 9.04. The second kappa shape index (κ2) is 10.5. The fourth-order valence-corrected chi connectivity index (χ4v) is 2.60. The molecule has 0 radical (unpaired) electrons. The standard InChI is InChI=1S/C16H18F3N3OS.HI/c1-20-15(21-8-12-6-7-24-10-12)22-9-13-4-2-3-5-14(13)23-11-16(17,18)19;/h2-7,10H,8-9,11H2,1H3,(H2,20,21,22);1H. The lowest BCUT2D eigenvalue weighted by Crippen LogP contribution is -2.36. The predicted molar refractivity (Wildman–Crippen MR) is 105 cm³/mol. The number of nitrogens with one attached hydrogen (secondary N) is 2. The Morgan fingerprint density at radius 1 is 1.16 bits per heavy atom. The van der Waals surface area contributed by atoms with Crippen molar-refractivity contribution >= 4 is 41.3 Å². The van der Waals surface area contributed by atoms with Gasteiger partial charge in [0.2, 0.25) is 0 Å². The quantitative estimate of drug-likeness (QED) is 0.367. The van der Waals surface area contributed by atoms with E-state index in [9.17, 15) is 13.2 Å². The molecular weight excluding hydrogens is 466 g/mol. The smallest absolute Gasteiger partial charge is 0.422 e. The Labute approximate surface area is 165 Å². The van der Waals surface area contributed by atoms with Gasteiger partial charge in [0, 0.05) is 25.7 Å². The topological polar surface area (TPSA) is 45.7 Å². The minimum Gasteiger partial charge on any atom is -0.484 e. The second-order valence-electron chi connectivity index (χ2n) is 4.92. The van der Waals surface area contributed by atoms with Crippen molar-refractivity contribution in [3.05, 3.63) is 52.2 Å². The third-order valence-corrected chi connectivity index (χ3v) is 3.81. The van der Waals surface area contributed by atoms with Gasteiger partial charge in [-0.15, -0.1) is 24.0 Å². The van der Waals surface area contributed by atoms with E-state index < -0.39 is 12.8 Å². The SMILES string of the molecule is CN=C(NCc1ccsc1)NCc1ccccc1OCC(F)(F)F.I. The van der Waals surface area contributed by atoms with E-state index in [1.54, 1.807) is 36.6 Å². The number of para-hydroxylation sites is 1. The molecule has 2 N–H and O–H groups in total. The fraction of sp³-hybridized carbons (Fsp3) is 0.312. The molecule has 1 aromatic heterocycles. The Morgan fingerprint density at radius 3 is 2.52 bits per heavy atom. The van der Waals surface area contributed by atoms with E-state index in [1.807, 2.05) is 16.8 Å². The van der Waals surface area contributed by atoms with Gasteiger partial charge in [-0.2, -0.15) is 24.5 Å². The monoisotopic (exact) mass is 485 g/mol. The van der Waals surface area contributed by atoms with Crippen LogP contribution in [0.15, 0.2) is 46.1 Å². The molecule has 0 spiro atoms. The van der Waals surface area contributed by atoms with Gasteiger partial charge in [0.1, 0.15) is 5.75 Å². The minimum absolute atomic E-state index is 0. The first-order valence-electron chi connectivity index (χ1n) is 7.21. The first-order valence-corrected chi connectivity index (χ1v) is 8.15. The third-order valence-electron chi connectivity index (χ3n) is 3.07. The van der Waals surface area contributed by atoms with E-state index >= 15 is 0 Å². The van der Waals surface area contributed by atoms with Crippen molar-refractivity contribution in [2.45, 2.75) is 19.3 Å². The first kappa shape index (κ1) is 21.6. The molecule has 0 saturated carbocycles. The van der Waals surface area contributed by atoms with Crippen molar-refractivity contribution in [2.24, 2.45) is 4.99 Å². The van der Waals surface area contributed by atoms with Crippen molar-refractivity contribution in [3.63, 3.8) is 0 Å². The molecule has 2 rings (SSSR count). The second-order valence-corrected chi connectivity index (χ2v) is 5.70. The summed E-state index contributed by atoms with van der Waals surface area (Å²) >= 11 is 1.61. The molecule has 0 atom stereocenters. The Bertz CT molecular complexity index is 663. The number of guanidine groups is 1. The van der Waals surface area contributed by atoms with Gasteiger partial charge in [-0.1, -0.05) is 18.2 Å². The number of nitrogens with zero attached hydrogens (tertiary/aromatic N) is 1. The molecule has 0 saturated heterocycles. The lowest BCUT2D eigenvalue weighted by molar-refractivity contribution is -0.153. The molecule has 0 amide bonds. The summed E-state index contributed by atoms with van der Waals surface area (Å²) in [6, 6.07) is 8.62. The van der Waals surface area contributed by atoms with Gasteiger partial charge in [0.15, 0.2) is 12.6 Å². The van der Waals surface area contributed by atoms with Crippen molar-refractivity contribution in [3.8, 4) is 5.75 Å². The van der Waals surface area contributed by atoms with Crippen molar-refractivity contribution in [1.82, 2.24) is 10.6 Å². The molecule has 1 aromatic carbocycles. The van der Waals surface area contributed by atoms with Crippen LogP contribution in [0.5, 0.6) is 5.75 Å². The highest BCUT2D eigenvalue weighted by atomic mass is 127. The highest BCUT2D eigenvalue weighted by Gasteiger charge is 2.28. The number of halogens is 4. The Hall–Kier alpha value is -1.49. The van der Waals surface area contributed by atoms with Crippen molar-refractivity contribution < 1.29 is 17.9 Å². The molecule has 0 aliphatic heterocycles. The molecule has 0 unspecified atom stereocenters. The van der Waals surface area contributed by atoms with Gasteiger partial charge in [0.05, 0.1) is 0 Å².